The summed E-state index contributed by atoms with van der Waals surface area (Å²) in [5, 5.41) is 8.12. The Balaban J connectivity index is 2.30. The fraction of sp³-hybridized carbons (Fsp3) is 0.167. The van der Waals surface area contributed by atoms with Crippen LogP contribution in [0.2, 0.25) is 0 Å². The highest BCUT2D eigenvalue weighted by molar-refractivity contribution is 7.16. The third-order valence-corrected chi connectivity index (χ3v) is 3.81. The average molecular weight is 229 g/mol. The number of fused-ring (bicyclic) bond motifs is 2. The zero-order chi connectivity index (χ0) is 11.1. The second kappa shape index (κ2) is 3.42. The first-order chi connectivity index (χ1) is 7.72. The highest BCUT2D eigenvalue weighted by atomic mass is 32.1. The normalized spacial score (nSPS) is 14.6. The summed E-state index contributed by atoms with van der Waals surface area (Å²) in [6.07, 6.45) is 3.83. The third-order valence-electron chi connectivity index (χ3n) is 2.69. The molecule has 0 aromatic rings. The summed E-state index contributed by atoms with van der Waals surface area (Å²) in [6.45, 7) is 0. The van der Waals surface area contributed by atoms with Gasteiger partial charge in [-0.15, -0.1) is 11.3 Å². The van der Waals surface area contributed by atoms with E-state index in [1.165, 1.54) is 0 Å². The second-order valence-electron chi connectivity index (χ2n) is 3.93. The van der Waals surface area contributed by atoms with Crippen molar-refractivity contribution < 1.29 is 0 Å². The second-order valence-corrected chi connectivity index (χ2v) is 5.01. The van der Waals surface area contributed by atoms with Crippen molar-refractivity contribution in [2.24, 2.45) is 5.73 Å². The Morgan fingerprint density at radius 2 is 2.19 bits per heavy atom. The minimum absolute atomic E-state index is 0.526. The molecule has 0 spiro atoms. The summed E-state index contributed by atoms with van der Waals surface area (Å²) in [6, 6.07) is 5.55. The molecule has 3 N–H and O–H groups in total. The minimum atomic E-state index is 0.526. The molecule has 0 aromatic heterocycles. The van der Waals surface area contributed by atoms with Gasteiger partial charge in [0.25, 0.3) is 0 Å². The Kier molecular flexibility index (Phi) is 2.04. The van der Waals surface area contributed by atoms with Crippen molar-refractivity contribution in [3.8, 4) is 10.6 Å². The molecule has 4 heteroatoms. The lowest BCUT2D eigenvalue weighted by Crippen LogP contribution is -2.08. The lowest BCUT2D eigenvalue weighted by atomic mass is 10.1. The van der Waals surface area contributed by atoms with E-state index in [-0.39, 0.29) is 0 Å². The van der Waals surface area contributed by atoms with Crippen molar-refractivity contribution in [3.05, 3.63) is 39.8 Å². The zero-order valence-corrected chi connectivity index (χ0v) is 9.47. The fourth-order valence-electron chi connectivity index (χ4n) is 1.86. The summed E-state index contributed by atoms with van der Waals surface area (Å²) >= 11 is 1.67. The van der Waals surface area contributed by atoms with E-state index in [9.17, 15) is 0 Å². The summed E-state index contributed by atoms with van der Waals surface area (Å²) in [5.41, 5.74) is 8.86. The van der Waals surface area contributed by atoms with E-state index in [0.29, 0.717) is 5.36 Å². The van der Waals surface area contributed by atoms with E-state index in [1.807, 2.05) is 18.2 Å². The van der Waals surface area contributed by atoms with Gasteiger partial charge in [-0.1, -0.05) is 0 Å². The van der Waals surface area contributed by atoms with Gasteiger partial charge in [0.05, 0.1) is 26.5 Å². The van der Waals surface area contributed by atoms with Gasteiger partial charge >= 0.3 is 0 Å². The van der Waals surface area contributed by atoms with Gasteiger partial charge in [-0.25, -0.2) is 0 Å². The van der Waals surface area contributed by atoms with Gasteiger partial charge in [-0.05, 0) is 37.1 Å². The van der Waals surface area contributed by atoms with Crippen LogP contribution in [0.25, 0.3) is 16.6 Å². The maximum atomic E-state index is 7.60. The molecule has 0 amide bonds. The van der Waals surface area contributed by atoms with Gasteiger partial charge in [0.15, 0.2) is 0 Å². The summed E-state index contributed by atoms with van der Waals surface area (Å²) < 4.78 is 0. The van der Waals surface area contributed by atoms with Crippen LogP contribution in [-0.2, 0) is 6.42 Å². The highest BCUT2D eigenvalue weighted by Crippen LogP contribution is 2.31. The number of nitrogens with two attached hydrogens (primary N) is 1. The van der Waals surface area contributed by atoms with Crippen molar-refractivity contribution in [2.75, 3.05) is 0 Å². The van der Waals surface area contributed by atoms with E-state index in [1.54, 1.807) is 17.4 Å². The minimum Gasteiger partial charge on any atom is -0.402 e. The van der Waals surface area contributed by atoms with Crippen molar-refractivity contribution in [1.82, 2.24) is 4.98 Å². The molecular weight excluding hydrogens is 218 g/mol. The number of nitrogens with zero attached hydrogens (tertiary/aromatic N) is 1. The molecule has 3 aliphatic rings. The maximum absolute atomic E-state index is 7.60. The number of allylic oxidation sites excluding steroid dienone is 1. The molecule has 0 radical (unpaired) electrons. The van der Waals surface area contributed by atoms with Crippen molar-refractivity contribution in [2.45, 2.75) is 12.8 Å². The van der Waals surface area contributed by atoms with E-state index in [2.05, 4.69) is 4.98 Å². The SMILES string of the molecule is N=c1ccc2nc3c(sc-2c1)C=C(N)CC3. The molecule has 0 fully saturated rings. The van der Waals surface area contributed by atoms with Crippen LogP contribution in [0.3, 0.4) is 0 Å². The first-order valence-electron chi connectivity index (χ1n) is 5.17. The van der Waals surface area contributed by atoms with E-state index < -0.39 is 0 Å². The monoisotopic (exact) mass is 229 g/mol. The van der Waals surface area contributed by atoms with E-state index in [0.717, 1.165) is 39.7 Å². The quantitative estimate of drug-likeness (QED) is 0.725. The number of aryl methyl sites for hydroxylation is 1. The summed E-state index contributed by atoms with van der Waals surface area (Å²) in [4.78, 5) is 6.81. The molecular formula is C12H11N3S. The third kappa shape index (κ3) is 1.51. The molecule has 80 valence electrons. The molecule has 2 aliphatic carbocycles. The number of nitrogens with one attached hydrogen (secondary N) is 1. The molecule has 0 bridgehead atoms. The smallest absolute Gasteiger partial charge is 0.0807 e. The highest BCUT2D eigenvalue weighted by Gasteiger charge is 2.14. The van der Waals surface area contributed by atoms with Gasteiger partial charge in [0.2, 0.25) is 0 Å². The van der Waals surface area contributed by atoms with Crippen molar-refractivity contribution in [3.63, 3.8) is 0 Å². The summed E-state index contributed by atoms with van der Waals surface area (Å²) in [5.74, 6) is 0. The number of benzene rings is 1. The van der Waals surface area contributed by atoms with Crippen LogP contribution in [0.1, 0.15) is 17.0 Å². The molecule has 3 nitrogen and oxygen atoms in total. The molecule has 0 saturated heterocycles. The topological polar surface area (TPSA) is 62.8 Å². The van der Waals surface area contributed by atoms with Crippen LogP contribution < -0.4 is 11.1 Å². The Morgan fingerprint density at radius 1 is 1.31 bits per heavy atom. The van der Waals surface area contributed by atoms with Gasteiger partial charge in [-0.3, -0.25) is 4.98 Å². The maximum Gasteiger partial charge on any atom is 0.0807 e. The van der Waals surface area contributed by atoms with Gasteiger partial charge in [0, 0.05) is 5.70 Å². The predicted molar refractivity (Wildman–Crippen MR) is 65.1 cm³/mol. The Hall–Kier alpha value is -1.68. The molecule has 3 rings (SSSR count). The number of rotatable bonds is 0. The van der Waals surface area contributed by atoms with Crippen LogP contribution in [0.4, 0.5) is 0 Å². The standard InChI is InChI=1S/C12H11N3S/c13-7-1-3-9-11(5-7)16-12-6-8(14)2-4-10(12)15-9/h1,3,5-6,13H,2,4,14H2. The van der Waals surface area contributed by atoms with E-state index >= 15 is 0 Å². The first-order valence-corrected chi connectivity index (χ1v) is 5.98. The Labute approximate surface area is 97.1 Å². The molecule has 1 aliphatic heterocycles. The van der Waals surface area contributed by atoms with Crippen LogP contribution in [0.15, 0.2) is 23.9 Å². The molecule has 0 aromatic carbocycles. The lowest BCUT2D eigenvalue weighted by molar-refractivity contribution is 0.882. The van der Waals surface area contributed by atoms with Crippen LogP contribution in [0.5, 0.6) is 0 Å². The van der Waals surface area contributed by atoms with E-state index in [4.69, 9.17) is 11.1 Å². The first kappa shape index (κ1) is 9.54. The number of aromatic nitrogens is 1. The average Bonchev–Trinajstić information content (AvgIpc) is 2.26. The Bertz CT molecular complexity index is 612. The van der Waals surface area contributed by atoms with Crippen LogP contribution in [0, 0.1) is 5.41 Å². The van der Waals surface area contributed by atoms with Crippen molar-refractivity contribution in [1.29, 1.82) is 5.41 Å². The predicted octanol–water partition coefficient (Wildman–Crippen LogP) is 1.97. The fourth-order valence-corrected chi connectivity index (χ4v) is 2.98. The summed E-state index contributed by atoms with van der Waals surface area (Å²) in [7, 11) is 0. The lowest BCUT2D eigenvalue weighted by Gasteiger charge is -2.15. The van der Waals surface area contributed by atoms with Crippen molar-refractivity contribution >= 4 is 17.4 Å². The van der Waals surface area contributed by atoms with Crippen LogP contribution in [-0.4, -0.2) is 4.98 Å². The van der Waals surface area contributed by atoms with Gasteiger partial charge < -0.3 is 11.1 Å². The molecule has 0 atom stereocenters. The number of hydrogen-bond donors (Lipinski definition) is 2. The largest absolute Gasteiger partial charge is 0.402 e. The zero-order valence-electron chi connectivity index (χ0n) is 8.66. The molecule has 0 unspecified atom stereocenters. The van der Waals surface area contributed by atoms with Gasteiger partial charge in [-0.2, -0.15) is 0 Å². The molecule has 16 heavy (non-hydrogen) atoms. The molecule has 0 saturated carbocycles. The van der Waals surface area contributed by atoms with Gasteiger partial charge in [0.1, 0.15) is 0 Å². The van der Waals surface area contributed by atoms with Crippen LogP contribution >= 0.6 is 11.3 Å². The number of hydrogen-bond acceptors (Lipinski definition) is 4. The Morgan fingerprint density at radius 3 is 3.06 bits per heavy atom. The molecule has 1 heterocycles.